The Morgan fingerprint density at radius 3 is 2.27 bits per heavy atom. The molecule has 0 saturated heterocycles. The molecule has 1 heterocycles. The lowest BCUT2D eigenvalue weighted by molar-refractivity contribution is 0.0696. The number of nitrogens with zero attached hydrogens (tertiary/aromatic N) is 1. The van der Waals surface area contributed by atoms with Crippen LogP contribution in [0.15, 0.2) is 66.9 Å². The monoisotopic (exact) mass is 398 g/mol. The molecule has 1 aliphatic carbocycles. The Morgan fingerprint density at radius 2 is 1.67 bits per heavy atom. The minimum Gasteiger partial charge on any atom is -0.478 e. The van der Waals surface area contributed by atoms with Crippen molar-refractivity contribution >= 4 is 12.1 Å². The lowest BCUT2D eigenvalue weighted by atomic mass is 9.98. The van der Waals surface area contributed by atoms with Gasteiger partial charge >= 0.3 is 12.1 Å². The van der Waals surface area contributed by atoms with Crippen molar-refractivity contribution < 1.29 is 19.4 Å². The summed E-state index contributed by atoms with van der Waals surface area (Å²) >= 11 is 0. The van der Waals surface area contributed by atoms with Gasteiger partial charge in [0.2, 0.25) is 0 Å². The third kappa shape index (κ3) is 4.01. The van der Waals surface area contributed by atoms with E-state index in [1.54, 1.807) is 0 Å². The van der Waals surface area contributed by atoms with Crippen molar-refractivity contribution in [3.8, 4) is 23.0 Å². The fourth-order valence-electron chi connectivity index (χ4n) is 3.49. The van der Waals surface area contributed by atoms with E-state index in [1.165, 1.54) is 29.5 Å². The predicted octanol–water partition coefficient (Wildman–Crippen LogP) is 3.67. The Kier molecular flexibility index (Phi) is 5.44. The van der Waals surface area contributed by atoms with E-state index in [0.717, 1.165) is 11.1 Å². The maximum atomic E-state index is 12.1. The normalized spacial score (nSPS) is 11.6. The SMILES string of the molecule is O=C(NCC#Cc1ccc(C(=O)O)cn1)OCC1c2ccccc2-c2ccccc21. The lowest BCUT2D eigenvalue weighted by Gasteiger charge is -2.14. The summed E-state index contributed by atoms with van der Waals surface area (Å²) in [6.07, 6.45) is 0.700. The average Bonchev–Trinajstić information content (AvgIpc) is 3.09. The van der Waals surface area contributed by atoms with Crippen molar-refractivity contribution in [1.29, 1.82) is 0 Å². The van der Waals surface area contributed by atoms with Crippen LogP contribution in [-0.4, -0.2) is 35.3 Å². The van der Waals surface area contributed by atoms with Crippen LogP contribution in [0.4, 0.5) is 4.79 Å². The minimum absolute atomic E-state index is 0.00573. The fourth-order valence-corrected chi connectivity index (χ4v) is 3.49. The smallest absolute Gasteiger partial charge is 0.407 e. The number of amides is 1. The van der Waals surface area contributed by atoms with Gasteiger partial charge in [0.05, 0.1) is 12.1 Å². The van der Waals surface area contributed by atoms with Crippen molar-refractivity contribution in [2.24, 2.45) is 0 Å². The number of carbonyl (C=O) groups is 2. The van der Waals surface area contributed by atoms with Gasteiger partial charge in [0.25, 0.3) is 0 Å². The molecule has 0 spiro atoms. The van der Waals surface area contributed by atoms with Crippen molar-refractivity contribution in [2.75, 3.05) is 13.2 Å². The number of hydrogen-bond donors (Lipinski definition) is 2. The molecule has 1 aliphatic rings. The van der Waals surface area contributed by atoms with Gasteiger partial charge in [-0.1, -0.05) is 54.5 Å². The zero-order chi connectivity index (χ0) is 20.9. The maximum absolute atomic E-state index is 12.1. The summed E-state index contributed by atoms with van der Waals surface area (Å²) in [5.74, 6) is 4.50. The highest BCUT2D eigenvalue weighted by Crippen LogP contribution is 2.44. The zero-order valence-corrected chi connectivity index (χ0v) is 16.0. The molecule has 148 valence electrons. The van der Waals surface area contributed by atoms with Crippen LogP contribution in [0, 0.1) is 11.8 Å². The molecule has 6 heteroatoms. The number of rotatable bonds is 4. The van der Waals surface area contributed by atoms with Gasteiger partial charge in [-0.05, 0) is 40.3 Å². The molecule has 3 aromatic rings. The van der Waals surface area contributed by atoms with Gasteiger partial charge in [-0.25, -0.2) is 14.6 Å². The Balaban J connectivity index is 1.32. The zero-order valence-electron chi connectivity index (χ0n) is 16.0. The third-order valence-electron chi connectivity index (χ3n) is 4.89. The highest BCUT2D eigenvalue weighted by Gasteiger charge is 2.28. The molecule has 0 saturated carbocycles. The summed E-state index contributed by atoms with van der Waals surface area (Å²) in [5, 5.41) is 11.4. The molecule has 2 aromatic carbocycles. The number of aromatic nitrogens is 1. The number of pyridine rings is 1. The highest BCUT2D eigenvalue weighted by atomic mass is 16.5. The standard InChI is InChI=1S/C24H18N2O4/c27-23(28)16-11-12-17(26-14-16)6-5-13-25-24(29)30-15-22-20-9-3-1-7-18(20)19-8-2-4-10-21(19)22/h1-4,7-12,14,22H,13,15H2,(H,25,29)(H,27,28). The van der Waals surface area contributed by atoms with Crippen LogP contribution in [0.2, 0.25) is 0 Å². The molecule has 6 nitrogen and oxygen atoms in total. The van der Waals surface area contributed by atoms with Gasteiger partial charge < -0.3 is 15.2 Å². The Bertz CT molecular complexity index is 1110. The van der Waals surface area contributed by atoms with Gasteiger partial charge in [0, 0.05) is 12.1 Å². The topological polar surface area (TPSA) is 88.5 Å². The first-order valence-corrected chi connectivity index (χ1v) is 9.40. The summed E-state index contributed by atoms with van der Waals surface area (Å²) in [6, 6.07) is 19.2. The molecular weight excluding hydrogens is 380 g/mol. The number of carbonyl (C=O) groups excluding carboxylic acids is 1. The van der Waals surface area contributed by atoms with Crippen LogP contribution in [-0.2, 0) is 4.74 Å². The summed E-state index contributed by atoms with van der Waals surface area (Å²) in [7, 11) is 0. The lowest BCUT2D eigenvalue weighted by Crippen LogP contribution is -2.26. The second-order valence-corrected chi connectivity index (χ2v) is 6.72. The van der Waals surface area contributed by atoms with E-state index in [1.807, 2.05) is 24.3 Å². The van der Waals surface area contributed by atoms with Crippen LogP contribution in [0.3, 0.4) is 0 Å². The molecule has 30 heavy (non-hydrogen) atoms. The number of alkyl carbamates (subject to hydrolysis) is 1. The molecule has 1 aromatic heterocycles. The number of benzene rings is 2. The summed E-state index contributed by atoms with van der Waals surface area (Å²) in [4.78, 5) is 26.8. The number of aromatic carboxylic acids is 1. The molecule has 1 amide bonds. The van der Waals surface area contributed by atoms with E-state index in [9.17, 15) is 9.59 Å². The maximum Gasteiger partial charge on any atom is 0.407 e. The van der Waals surface area contributed by atoms with Gasteiger partial charge in [-0.2, -0.15) is 0 Å². The van der Waals surface area contributed by atoms with Crippen LogP contribution >= 0.6 is 0 Å². The van der Waals surface area contributed by atoms with Crippen LogP contribution in [0.5, 0.6) is 0 Å². The molecule has 0 bridgehead atoms. The Morgan fingerprint density at radius 1 is 1.00 bits per heavy atom. The minimum atomic E-state index is -1.04. The van der Waals surface area contributed by atoms with Crippen LogP contribution in [0.1, 0.15) is 33.1 Å². The quantitative estimate of drug-likeness (QED) is 0.655. The predicted molar refractivity (Wildman–Crippen MR) is 111 cm³/mol. The van der Waals surface area contributed by atoms with E-state index in [0.29, 0.717) is 5.69 Å². The summed E-state index contributed by atoms with van der Waals surface area (Å²) in [5.41, 5.74) is 5.18. The number of hydrogen-bond acceptors (Lipinski definition) is 4. The van der Waals surface area contributed by atoms with Gasteiger partial charge in [-0.15, -0.1) is 0 Å². The fraction of sp³-hybridized carbons (Fsp3) is 0.125. The van der Waals surface area contributed by atoms with Crippen LogP contribution < -0.4 is 5.32 Å². The second kappa shape index (κ2) is 8.50. The first kappa shape index (κ1) is 19.2. The number of ether oxygens (including phenoxy) is 1. The van der Waals surface area contributed by atoms with Gasteiger partial charge in [0.1, 0.15) is 12.3 Å². The summed E-state index contributed by atoms with van der Waals surface area (Å²) < 4.78 is 5.44. The van der Waals surface area contributed by atoms with Gasteiger partial charge in [-0.3, -0.25) is 0 Å². The third-order valence-corrected chi connectivity index (χ3v) is 4.89. The van der Waals surface area contributed by atoms with Crippen molar-refractivity contribution in [3.05, 3.63) is 89.2 Å². The number of nitrogens with one attached hydrogen (secondary N) is 1. The molecule has 0 aliphatic heterocycles. The number of carboxylic acid groups (broad SMARTS) is 1. The highest BCUT2D eigenvalue weighted by molar-refractivity contribution is 5.87. The van der Waals surface area contributed by atoms with Crippen molar-refractivity contribution in [2.45, 2.75) is 5.92 Å². The number of fused-ring (bicyclic) bond motifs is 3. The molecule has 0 radical (unpaired) electrons. The Hall–Kier alpha value is -4.11. The molecule has 2 N–H and O–H groups in total. The second-order valence-electron chi connectivity index (χ2n) is 6.72. The Labute approximate surface area is 173 Å². The van der Waals surface area contributed by atoms with E-state index in [4.69, 9.17) is 9.84 Å². The van der Waals surface area contributed by atoms with Gasteiger partial charge in [0.15, 0.2) is 0 Å². The molecule has 0 atom stereocenters. The van der Waals surface area contributed by atoms with E-state index >= 15 is 0 Å². The van der Waals surface area contributed by atoms with E-state index in [-0.39, 0.29) is 24.6 Å². The first-order valence-electron chi connectivity index (χ1n) is 9.40. The van der Waals surface area contributed by atoms with E-state index in [2.05, 4.69) is 46.4 Å². The van der Waals surface area contributed by atoms with E-state index < -0.39 is 12.1 Å². The molecule has 0 unspecified atom stereocenters. The van der Waals surface area contributed by atoms with Crippen molar-refractivity contribution in [3.63, 3.8) is 0 Å². The molecular formula is C24H18N2O4. The summed E-state index contributed by atoms with van der Waals surface area (Å²) in [6.45, 7) is 0.338. The first-order chi connectivity index (χ1) is 14.6. The molecule has 0 fully saturated rings. The van der Waals surface area contributed by atoms with Crippen molar-refractivity contribution in [1.82, 2.24) is 10.3 Å². The number of carboxylic acids is 1. The average molecular weight is 398 g/mol. The largest absolute Gasteiger partial charge is 0.478 e. The molecule has 4 rings (SSSR count). The van der Waals surface area contributed by atoms with Crippen LogP contribution in [0.25, 0.3) is 11.1 Å².